The molecule has 3 aromatic rings. The maximum Gasteiger partial charge on any atom is 0.295 e. The summed E-state index contributed by atoms with van der Waals surface area (Å²) in [7, 11) is 3.02. The van der Waals surface area contributed by atoms with Crippen molar-refractivity contribution in [1.82, 2.24) is 4.90 Å². The lowest BCUT2D eigenvalue weighted by molar-refractivity contribution is -0.140. The molecule has 1 atom stereocenters. The Kier molecular flexibility index (Phi) is 6.21. The van der Waals surface area contributed by atoms with E-state index in [2.05, 4.69) is 0 Å². The van der Waals surface area contributed by atoms with Gasteiger partial charge in [0.15, 0.2) is 0 Å². The van der Waals surface area contributed by atoms with Gasteiger partial charge in [-0.15, -0.1) is 11.3 Å². The summed E-state index contributed by atoms with van der Waals surface area (Å²) < 4.78 is 10.6. The van der Waals surface area contributed by atoms with Crippen LogP contribution in [0, 0.1) is 0 Å². The SMILES string of the molecule is COc1cccc(CN2C(=O)C(=O)/C(=C(\O)c3cc(Cl)ccc3OC)C2c2cccs2)c1. The fourth-order valence-electron chi connectivity index (χ4n) is 3.76. The summed E-state index contributed by atoms with van der Waals surface area (Å²) in [6, 6.07) is 15.0. The summed E-state index contributed by atoms with van der Waals surface area (Å²) >= 11 is 7.53. The molecule has 32 heavy (non-hydrogen) atoms. The van der Waals surface area contributed by atoms with Crippen LogP contribution in [0.15, 0.2) is 65.6 Å². The molecule has 1 N–H and O–H groups in total. The second-order valence-corrected chi connectivity index (χ2v) is 8.55. The lowest BCUT2D eigenvalue weighted by Gasteiger charge is -2.24. The highest BCUT2D eigenvalue weighted by Gasteiger charge is 2.46. The van der Waals surface area contributed by atoms with Crippen molar-refractivity contribution in [3.8, 4) is 11.5 Å². The molecule has 0 bridgehead atoms. The molecule has 0 saturated carbocycles. The van der Waals surface area contributed by atoms with Gasteiger partial charge in [-0.2, -0.15) is 0 Å². The molecule has 164 valence electrons. The number of aliphatic hydroxyl groups is 1. The van der Waals surface area contributed by atoms with Crippen LogP contribution in [-0.4, -0.2) is 35.9 Å². The van der Waals surface area contributed by atoms with E-state index in [1.54, 1.807) is 25.3 Å². The van der Waals surface area contributed by atoms with Gasteiger partial charge in [0.2, 0.25) is 0 Å². The average molecular weight is 470 g/mol. The Balaban J connectivity index is 1.85. The van der Waals surface area contributed by atoms with Crippen LogP contribution in [0.2, 0.25) is 5.02 Å². The Morgan fingerprint density at radius 3 is 2.59 bits per heavy atom. The van der Waals surface area contributed by atoms with Gasteiger partial charge in [0.05, 0.1) is 31.4 Å². The quantitative estimate of drug-likeness (QED) is 0.311. The Morgan fingerprint density at radius 1 is 1.09 bits per heavy atom. The van der Waals surface area contributed by atoms with Gasteiger partial charge >= 0.3 is 0 Å². The Bertz CT molecular complexity index is 1200. The number of hydrogen-bond acceptors (Lipinski definition) is 6. The van der Waals surface area contributed by atoms with E-state index in [-0.39, 0.29) is 23.4 Å². The van der Waals surface area contributed by atoms with E-state index in [0.717, 1.165) is 10.4 Å². The molecule has 2 heterocycles. The minimum Gasteiger partial charge on any atom is -0.507 e. The first-order valence-corrected chi connectivity index (χ1v) is 11.0. The molecule has 2 aromatic carbocycles. The number of benzene rings is 2. The van der Waals surface area contributed by atoms with Crippen molar-refractivity contribution in [1.29, 1.82) is 0 Å². The third-order valence-electron chi connectivity index (χ3n) is 5.26. The molecule has 1 unspecified atom stereocenters. The van der Waals surface area contributed by atoms with E-state index < -0.39 is 17.7 Å². The second-order valence-electron chi connectivity index (χ2n) is 7.14. The molecule has 6 nitrogen and oxygen atoms in total. The number of Topliss-reactive ketones (excluding diaryl/α,β-unsaturated/α-hetero) is 1. The van der Waals surface area contributed by atoms with Crippen LogP contribution in [0.1, 0.15) is 22.0 Å². The fourth-order valence-corrected chi connectivity index (χ4v) is 4.78. The number of amides is 1. The maximum absolute atomic E-state index is 13.1. The van der Waals surface area contributed by atoms with Crippen molar-refractivity contribution in [2.75, 3.05) is 14.2 Å². The van der Waals surface area contributed by atoms with Crippen LogP contribution < -0.4 is 9.47 Å². The van der Waals surface area contributed by atoms with Crippen LogP contribution in [0.3, 0.4) is 0 Å². The van der Waals surface area contributed by atoms with E-state index >= 15 is 0 Å². The number of hydrogen-bond donors (Lipinski definition) is 1. The number of thiophene rings is 1. The van der Waals surface area contributed by atoms with Crippen LogP contribution in [0.5, 0.6) is 11.5 Å². The third-order valence-corrected chi connectivity index (χ3v) is 6.42. The van der Waals surface area contributed by atoms with Gasteiger partial charge in [-0.3, -0.25) is 9.59 Å². The molecule has 1 aliphatic rings. The summed E-state index contributed by atoms with van der Waals surface area (Å²) in [6.07, 6.45) is 0. The van der Waals surface area contributed by atoms with Crippen molar-refractivity contribution in [3.63, 3.8) is 0 Å². The summed E-state index contributed by atoms with van der Waals surface area (Å²) in [4.78, 5) is 28.4. The number of nitrogens with zero attached hydrogens (tertiary/aromatic N) is 1. The van der Waals surface area contributed by atoms with Gasteiger partial charge in [0.1, 0.15) is 17.3 Å². The van der Waals surface area contributed by atoms with Crippen LogP contribution in [0.4, 0.5) is 0 Å². The number of rotatable bonds is 6. The number of carbonyl (C=O) groups is 2. The Hall–Kier alpha value is -3.29. The van der Waals surface area contributed by atoms with Crippen LogP contribution >= 0.6 is 22.9 Å². The number of halogens is 1. The first-order chi connectivity index (χ1) is 15.4. The lowest BCUT2D eigenvalue weighted by atomic mass is 9.99. The smallest absolute Gasteiger partial charge is 0.295 e. The molecule has 1 fully saturated rings. The van der Waals surface area contributed by atoms with Crippen molar-refractivity contribution < 1.29 is 24.2 Å². The van der Waals surface area contributed by atoms with Crippen molar-refractivity contribution in [2.45, 2.75) is 12.6 Å². The number of methoxy groups -OCH3 is 2. The first kappa shape index (κ1) is 21.9. The molecular weight excluding hydrogens is 450 g/mol. The zero-order chi connectivity index (χ0) is 22.8. The predicted octanol–water partition coefficient (Wildman–Crippen LogP) is 5.04. The van der Waals surface area contributed by atoms with Crippen LogP contribution in [0.25, 0.3) is 5.76 Å². The molecule has 1 aromatic heterocycles. The van der Waals surface area contributed by atoms with E-state index in [9.17, 15) is 14.7 Å². The molecule has 0 radical (unpaired) electrons. The van der Waals surface area contributed by atoms with Gasteiger partial charge < -0.3 is 19.5 Å². The Labute approximate surface area is 194 Å². The molecule has 0 spiro atoms. The molecular formula is C24H20ClNO5S. The minimum absolute atomic E-state index is 0.000845. The monoisotopic (exact) mass is 469 g/mol. The van der Waals surface area contributed by atoms with Gasteiger partial charge in [0, 0.05) is 16.4 Å². The largest absolute Gasteiger partial charge is 0.507 e. The lowest BCUT2D eigenvalue weighted by Crippen LogP contribution is -2.28. The topological polar surface area (TPSA) is 76.1 Å². The molecule has 4 rings (SSSR count). The molecule has 1 aliphatic heterocycles. The first-order valence-electron chi connectivity index (χ1n) is 9.73. The summed E-state index contributed by atoms with van der Waals surface area (Å²) in [5.74, 6) is -0.778. The summed E-state index contributed by atoms with van der Waals surface area (Å²) in [5, 5.41) is 13.4. The highest BCUT2D eigenvalue weighted by Crippen LogP contribution is 2.43. The van der Waals surface area contributed by atoms with Gasteiger partial charge in [0.25, 0.3) is 11.7 Å². The highest BCUT2D eigenvalue weighted by atomic mass is 35.5. The number of ketones is 1. The molecule has 1 amide bonds. The number of likely N-dealkylation sites (tertiary alicyclic amines) is 1. The standard InChI is InChI=1S/C24H20ClNO5S/c1-30-16-6-3-5-14(11-16)13-26-21(19-7-4-10-32-19)20(23(28)24(26)29)22(27)17-12-15(25)8-9-18(17)31-2/h3-12,21,27H,13H2,1-2H3/b22-20-. The van der Waals surface area contributed by atoms with Gasteiger partial charge in [-0.25, -0.2) is 0 Å². The highest BCUT2D eigenvalue weighted by molar-refractivity contribution is 7.10. The molecule has 8 heteroatoms. The van der Waals surface area contributed by atoms with E-state index in [1.165, 1.54) is 29.4 Å². The van der Waals surface area contributed by atoms with E-state index in [1.807, 2.05) is 35.7 Å². The minimum atomic E-state index is -0.758. The van der Waals surface area contributed by atoms with Gasteiger partial charge in [-0.1, -0.05) is 29.8 Å². The number of ether oxygens (including phenoxy) is 2. The average Bonchev–Trinajstić information content (AvgIpc) is 3.41. The second kappa shape index (κ2) is 9.06. The normalized spacial score (nSPS) is 17.6. The van der Waals surface area contributed by atoms with E-state index in [4.69, 9.17) is 21.1 Å². The van der Waals surface area contributed by atoms with E-state index in [0.29, 0.717) is 16.5 Å². The number of carbonyl (C=O) groups excluding carboxylic acids is 2. The maximum atomic E-state index is 13.1. The van der Waals surface area contributed by atoms with Crippen LogP contribution in [-0.2, 0) is 16.1 Å². The summed E-state index contributed by atoms with van der Waals surface area (Å²) in [6.45, 7) is 0.174. The molecule has 0 aliphatic carbocycles. The third kappa shape index (κ3) is 3.97. The van der Waals surface area contributed by atoms with Crippen molar-refractivity contribution in [2.24, 2.45) is 0 Å². The Morgan fingerprint density at radius 2 is 1.91 bits per heavy atom. The fraction of sp³-hybridized carbons (Fsp3) is 0.167. The van der Waals surface area contributed by atoms with Crippen molar-refractivity contribution >= 4 is 40.4 Å². The van der Waals surface area contributed by atoms with Crippen molar-refractivity contribution in [3.05, 3.63) is 86.6 Å². The summed E-state index contributed by atoms with van der Waals surface area (Å²) in [5.41, 5.74) is 1.05. The number of aliphatic hydroxyl groups excluding tert-OH is 1. The zero-order valence-corrected chi connectivity index (χ0v) is 18.9. The zero-order valence-electron chi connectivity index (χ0n) is 17.4. The predicted molar refractivity (Wildman–Crippen MR) is 123 cm³/mol. The van der Waals surface area contributed by atoms with Gasteiger partial charge in [-0.05, 0) is 47.3 Å². The molecule has 1 saturated heterocycles.